The van der Waals surface area contributed by atoms with Crippen molar-refractivity contribution in [3.63, 3.8) is 0 Å². The van der Waals surface area contributed by atoms with Gasteiger partial charge in [0.1, 0.15) is 23.2 Å². The first kappa shape index (κ1) is 25.8. The number of halogens is 3. The highest BCUT2D eigenvalue weighted by Crippen LogP contribution is 2.32. The average Bonchev–Trinajstić information content (AvgIpc) is 2.82. The van der Waals surface area contributed by atoms with Crippen LogP contribution in [0.1, 0.15) is 42.1 Å². The molecule has 34 heavy (non-hydrogen) atoms. The highest BCUT2D eigenvalue weighted by atomic mass is 32.2. The number of sulfonamides is 1. The fourth-order valence-electron chi connectivity index (χ4n) is 3.58. The molecule has 0 aliphatic carbocycles. The Balaban J connectivity index is 1.73. The van der Waals surface area contributed by atoms with Crippen LogP contribution in [0.5, 0.6) is 11.5 Å². The standard InChI is InChI=1S/C22H25F3N2O6S/c1-2-14-32-18-4-3-5-19(20(18)21(28)26-29)34(30,31)27-12-10-17(11-13-27)33-16-8-6-15(7-9-16)22(23,24)25/h3-9,17,29H,2,10-14H2,1H3,(H,26,28). The van der Waals surface area contributed by atoms with Gasteiger partial charge >= 0.3 is 6.18 Å². The van der Waals surface area contributed by atoms with E-state index in [4.69, 9.17) is 14.7 Å². The molecule has 2 aromatic carbocycles. The SMILES string of the molecule is CCCOc1cccc(S(=O)(=O)N2CCC(Oc3ccc(C(F)(F)F)cc3)CC2)c1C(=O)NO. The Kier molecular flexibility index (Phi) is 8.05. The molecule has 2 aromatic rings. The number of alkyl halides is 3. The summed E-state index contributed by atoms with van der Waals surface area (Å²) < 4.78 is 77.2. The van der Waals surface area contributed by atoms with Crippen molar-refractivity contribution >= 4 is 15.9 Å². The minimum Gasteiger partial charge on any atom is -0.493 e. The summed E-state index contributed by atoms with van der Waals surface area (Å²) in [6, 6.07) is 8.48. The van der Waals surface area contributed by atoms with E-state index in [0.717, 1.165) is 12.1 Å². The lowest BCUT2D eigenvalue weighted by Crippen LogP contribution is -2.42. The molecule has 0 unspecified atom stereocenters. The van der Waals surface area contributed by atoms with Crippen LogP contribution < -0.4 is 15.0 Å². The molecule has 1 aliphatic rings. The highest BCUT2D eigenvalue weighted by Gasteiger charge is 2.35. The molecular formula is C22H25F3N2O6S. The van der Waals surface area contributed by atoms with Gasteiger partial charge in [0.25, 0.3) is 5.91 Å². The van der Waals surface area contributed by atoms with Gasteiger partial charge in [0.15, 0.2) is 0 Å². The zero-order valence-corrected chi connectivity index (χ0v) is 19.2. The van der Waals surface area contributed by atoms with Crippen LogP contribution in [0.2, 0.25) is 0 Å². The van der Waals surface area contributed by atoms with E-state index >= 15 is 0 Å². The van der Waals surface area contributed by atoms with Gasteiger partial charge < -0.3 is 9.47 Å². The minimum absolute atomic E-state index is 0.0370. The number of rotatable bonds is 8. The quantitative estimate of drug-likeness (QED) is 0.420. The summed E-state index contributed by atoms with van der Waals surface area (Å²) in [4.78, 5) is 12.0. The Morgan fingerprint density at radius 1 is 1.15 bits per heavy atom. The third kappa shape index (κ3) is 5.80. The maximum Gasteiger partial charge on any atom is 0.416 e. The molecule has 0 aromatic heterocycles. The van der Waals surface area contributed by atoms with E-state index in [-0.39, 0.29) is 47.8 Å². The predicted octanol–water partition coefficient (Wildman–Crippen LogP) is 3.85. The van der Waals surface area contributed by atoms with Gasteiger partial charge in [-0.2, -0.15) is 17.5 Å². The number of ether oxygens (including phenoxy) is 2. The first-order chi connectivity index (χ1) is 16.1. The second kappa shape index (κ2) is 10.6. The van der Waals surface area contributed by atoms with Crippen molar-refractivity contribution in [3.05, 3.63) is 53.6 Å². The first-order valence-electron chi connectivity index (χ1n) is 10.6. The summed E-state index contributed by atoms with van der Waals surface area (Å²) in [6.45, 7) is 2.26. The molecule has 0 radical (unpaired) electrons. The number of hydrogen-bond donors (Lipinski definition) is 2. The Morgan fingerprint density at radius 3 is 2.35 bits per heavy atom. The molecule has 2 N–H and O–H groups in total. The predicted molar refractivity (Wildman–Crippen MR) is 115 cm³/mol. The van der Waals surface area contributed by atoms with E-state index in [1.54, 1.807) is 0 Å². The molecule has 0 bridgehead atoms. The van der Waals surface area contributed by atoms with E-state index in [9.17, 15) is 26.4 Å². The average molecular weight is 503 g/mol. The topological polar surface area (TPSA) is 105 Å². The molecule has 0 spiro atoms. The van der Waals surface area contributed by atoms with Crippen LogP contribution >= 0.6 is 0 Å². The van der Waals surface area contributed by atoms with Gasteiger partial charge in [-0.25, -0.2) is 13.9 Å². The number of piperidine rings is 1. The van der Waals surface area contributed by atoms with Gasteiger partial charge in [0.05, 0.1) is 17.1 Å². The number of carbonyl (C=O) groups is 1. The Bertz CT molecular complexity index is 1100. The largest absolute Gasteiger partial charge is 0.493 e. The van der Waals surface area contributed by atoms with Gasteiger partial charge in [-0.15, -0.1) is 0 Å². The molecule has 1 aliphatic heterocycles. The van der Waals surface area contributed by atoms with Crippen LogP contribution in [-0.2, 0) is 16.2 Å². The van der Waals surface area contributed by atoms with Crippen LogP contribution in [0.25, 0.3) is 0 Å². The smallest absolute Gasteiger partial charge is 0.416 e. The molecular weight excluding hydrogens is 477 g/mol. The molecule has 12 heteroatoms. The monoisotopic (exact) mass is 502 g/mol. The fourth-order valence-corrected chi connectivity index (χ4v) is 5.25. The van der Waals surface area contributed by atoms with E-state index in [2.05, 4.69) is 0 Å². The summed E-state index contributed by atoms with van der Waals surface area (Å²) in [7, 11) is -4.11. The summed E-state index contributed by atoms with van der Waals surface area (Å²) in [6.07, 6.45) is -3.60. The lowest BCUT2D eigenvalue weighted by atomic mass is 10.1. The summed E-state index contributed by atoms with van der Waals surface area (Å²) in [5.41, 5.74) is 0.395. The van der Waals surface area contributed by atoms with Gasteiger partial charge in [0, 0.05) is 13.1 Å². The molecule has 1 heterocycles. The zero-order chi connectivity index (χ0) is 24.9. The first-order valence-corrected chi connectivity index (χ1v) is 12.1. The minimum atomic E-state index is -4.44. The number of hydroxylamine groups is 1. The molecule has 1 amide bonds. The second-order valence-electron chi connectivity index (χ2n) is 7.66. The van der Waals surface area contributed by atoms with Gasteiger partial charge in [-0.3, -0.25) is 10.0 Å². The van der Waals surface area contributed by atoms with Crippen molar-refractivity contribution in [1.82, 2.24) is 9.79 Å². The number of nitrogens with zero attached hydrogens (tertiary/aromatic N) is 1. The third-order valence-electron chi connectivity index (χ3n) is 5.28. The molecule has 186 valence electrons. The van der Waals surface area contributed by atoms with E-state index in [0.29, 0.717) is 19.3 Å². The summed E-state index contributed by atoms with van der Waals surface area (Å²) in [5.74, 6) is -0.710. The molecule has 1 saturated heterocycles. The lowest BCUT2D eigenvalue weighted by Gasteiger charge is -2.32. The lowest BCUT2D eigenvalue weighted by molar-refractivity contribution is -0.137. The zero-order valence-electron chi connectivity index (χ0n) is 18.3. The van der Waals surface area contributed by atoms with Crippen LogP contribution in [0, 0.1) is 0 Å². The number of nitrogens with one attached hydrogen (secondary N) is 1. The summed E-state index contributed by atoms with van der Waals surface area (Å²) >= 11 is 0. The maximum atomic E-state index is 13.3. The van der Waals surface area contributed by atoms with Crippen LogP contribution in [-0.4, -0.2) is 49.6 Å². The van der Waals surface area contributed by atoms with Gasteiger partial charge in [-0.05, 0) is 55.7 Å². The van der Waals surface area contributed by atoms with Crippen molar-refractivity contribution in [2.75, 3.05) is 19.7 Å². The molecule has 1 fully saturated rings. The molecule has 8 nitrogen and oxygen atoms in total. The normalized spacial score (nSPS) is 15.7. The van der Waals surface area contributed by atoms with E-state index < -0.39 is 27.7 Å². The Morgan fingerprint density at radius 2 is 1.79 bits per heavy atom. The number of benzene rings is 2. The Labute approximate surface area is 195 Å². The molecule has 0 saturated carbocycles. The number of carbonyl (C=O) groups excluding carboxylic acids is 1. The summed E-state index contributed by atoms with van der Waals surface area (Å²) in [5, 5.41) is 9.13. The third-order valence-corrected chi connectivity index (χ3v) is 7.22. The number of amides is 1. The van der Waals surface area contributed by atoms with Gasteiger partial charge in [-0.1, -0.05) is 13.0 Å². The van der Waals surface area contributed by atoms with Gasteiger partial charge in [0.2, 0.25) is 10.0 Å². The number of hydrogen-bond acceptors (Lipinski definition) is 6. The highest BCUT2D eigenvalue weighted by molar-refractivity contribution is 7.89. The van der Waals surface area contributed by atoms with Crippen molar-refractivity contribution in [1.29, 1.82) is 0 Å². The second-order valence-corrected chi connectivity index (χ2v) is 9.57. The van der Waals surface area contributed by atoms with Crippen LogP contribution in [0.4, 0.5) is 13.2 Å². The van der Waals surface area contributed by atoms with Crippen molar-refractivity contribution in [2.24, 2.45) is 0 Å². The van der Waals surface area contributed by atoms with Crippen molar-refractivity contribution in [3.8, 4) is 11.5 Å². The van der Waals surface area contributed by atoms with Crippen LogP contribution in [0.15, 0.2) is 47.4 Å². The molecule has 3 rings (SSSR count). The van der Waals surface area contributed by atoms with Crippen molar-refractivity contribution in [2.45, 2.75) is 43.4 Å². The van der Waals surface area contributed by atoms with Crippen molar-refractivity contribution < 1.29 is 41.1 Å². The van der Waals surface area contributed by atoms with E-state index in [1.165, 1.54) is 40.1 Å². The van der Waals surface area contributed by atoms with E-state index in [1.807, 2.05) is 6.92 Å². The van der Waals surface area contributed by atoms with Crippen LogP contribution in [0.3, 0.4) is 0 Å². The maximum absolute atomic E-state index is 13.3. The fraction of sp³-hybridized carbons (Fsp3) is 0.409. The molecule has 0 atom stereocenters. The Hall–Kier alpha value is -2.83.